The molecule has 1 N–H and O–H groups in total. The summed E-state index contributed by atoms with van der Waals surface area (Å²) in [5.74, 6) is 0. The molecule has 3 nitrogen and oxygen atoms in total. The van der Waals surface area contributed by atoms with Crippen LogP contribution in [-0.2, 0) is 9.47 Å². The second-order valence-corrected chi connectivity index (χ2v) is 4.06. The minimum absolute atomic E-state index is 0.0753. The highest BCUT2D eigenvalue weighted by Gasteiger charge is 2.17. The summed E-state index contributed by atoms with van der Waals surface area (Å²) < 4.78 is 10.9. The van der Waals surface area contributed by atoms with Crippen molar-refractivity contribution in [1.82, 2.24) is 0 Å². The third kappa shape index (κ3) is 8.22. The molecule has 0 amide bonds. The fourth-order valence-corrected chi connectivity index (χ4v) is 1.01. The predicted octanol–water partition coefficient (Wildman–Crippen LogP) is 1.59. The van der Waals surface area contributed by atoms with Gasteiger partial charge in [-0.15, -0.1) is 0 Å². The SMILES string of the molecule is CCC(COCCO)OC(C)(C)C. The van der Waals surface area contributed by atoms with E-state index in [0.717, 1.165) is 6.42 Å². The summed E-state index contributed by atoms with van der Waals surface area (Å²) in [6, 6.07) is 0. The Kier molecular flexibility index (Phi) is 6.29. The molecule has 0 aliphatic heterocycles. The largest absolute Gasteiger partial charge is 0.394 e. The van der Waals surface area contributed by atoms with Crippen LogP contribution in [0.5, 0.6) is 0 Å². The topological polar surface area (TPSA) is 38.7 Å². The molecule has 0 rings (SSSR count). The van der Waals surface area contributed by atoms with Crippen molar-refractivity contribution in [2.24, 2.45) is 0 Å². The molecule has 0 fully saturated rings. The van der Waals surface area contributed by atoms with Crippen LogP contribution in [0.1, 0.15) is 34.1 Å². The highest BCUT2D eigenvalue weighted by molar-refractivity contribution is 4.64. The van der Waals surface area contributed by atoms with Gasteiger partial charge < -0.3 is 14.6 Å². The van der Waals surface area contributed by atoms with Crippen molar-refractivity contribution in [2.75, 3.05) is 19.8 Å². The highest BCUT2D eigenvalue weighted by atomic mass is 16.5. The molecule has 13 heavy (non-hydrogen) atoms. The first kappa shape index (κ1) is 12.9. The molecular formula is C10H22O3. The first-order valence-corrected chi connectivity index (χ1v) is 4.86. The average molecular weight is 190 g/mol. The Balaban J connectivity index is 3.63. The number of aliphatic hydroxyl groups is 1. The lowest BCUT2D eigenvalue weighted by molar-refractivity contribution is -0.0955. The number of aliphatic hydroxyl groups excluding tert-OH is 1. The third-order valence-corrected chi connectivity index (χ3v) is 1.51. The number of hydrogen-bond donors (Lipinski definition) is 1. The van der Waals surface area contributed by atoms with Crippen molar-refractivity contribution in [3.63, 3.8) is 0 Å². The summed E-state index contributed by atoms with van der Waals surface area (Å²) in [4.78, 5) is 0. The molecule has 0 aliphatic carbocycles. The molecule has 0 radical (unpaired) electrons. The maximum Gasteiger partial charge on any atom is 0.0813 e. The average Bonchev–Trinajstić information content (AvgIpc) is 2.01. The van der Waals surface area contributed by atoms with E-state index in [2.05, 4.69) is 6.92 Å². The Morgan fingerprint density at radius 3 is 2.31 bits per heavy atom. The smallest absolute Gasteiger partial charge is 0.0813 e. The van der Waals surface area contributed by atoms with Crippen molar-refractivity contribution < 1.29 is 14.6 Å². The van der Waals surface area contributed by atoms with Crippen LogP contribution in [0.2, 0.25) is 0 Å². The molecule has 3 heteroatoms. The van der Waals surface area contributed by atoms with Gasteiger partial charge in [-0.25, -0.2) is 0 Å². The Hall–Kier alpha value is -0.120. The van der Waals surface area contributed by atoms with Gasteiger partial charge in [-0.05, 0) is 27.2 Å². The Labute approximate surface area is 81.0 Å². The van der Waals surface area contributed by atoms with Gasteiger partial charge in [-0.3, -0.25) is 0 Å². The molecule has 0 aliphatic rings. The van der Waals surface area contributed by atoms with Crippen LogP contribution in [0.15, 0.2) is 0 Å². The zero-order valence-corrected chi connectivity index (χ0v) is 9.17. The van der Waals surface area contributed by atoms with E-state index in [4.69, 9.17) is 14.6 Å². The van der Waals surface area contributed by atoms with E-state index >= 15 is 0 Å². The van der Waals surface area contributed by atoms with Gasteiger partial charge in [0.2, 0.25) is 0 Å². The Bertz CT molecular complexity index is 118. The lowest BCUT2D eigenvalue weighted by Gasteiger charge is -2.26. The van der Waals surface area contributed by atoms with Crippen molar-refractivity contribution in [3.8, 4) is 0 Å². The van der Waals surface area contributed by atoms with Gasteiger partial charge in [0.1, 0.15) is 0 Å². The summed E-state index contributed by atoms with van der Waals surface area (Å²) in [6.07, 6.45) is 1.06. The van der Waals surface area contributed by atoms with Gasteiger partial charge in [-0.1, -0.05) is 6.92 Å². The van der Waals surface area contributed by atoms with Crippen LogP contribution < -0.4 is 0 Å². The van der Waals surface area contributed by atoms with E-state index in [1.165, 1.54) is 0 Å². The van der Waals surface area contributed by atoms with Gasteiger partial charge in [0, 0.05) is 0 Å². The van der Waals surface area contributed by atoms with Crippen molar-refractivity contribution in [1.29, 1.82) is 0 Å². The lowest BCUT2D eigenvalue weighted by atomic mass is 10.1. The van der Waals surface area contributed by atoms with Crippen LogP contribution in [0.3, 0.4) is 0 Å². The fourth-order valence-electron chi connectivity index (χ4n) is 1.01. The molecule has 0 aromatic heterocycles. The van der Waals surface area contributed by atoms with Crippen LogP contribution in [0, 0.1) is 0 Å². The van der Waals surface area contributed by atoms with Crippen LogP contribution in [0.25, 0.3) is 0 Å². The minimum atomic E-state index is -0.122. The summed E-state index contributed by atoms with van der Waals surface area (Å²) in [5, 5.41) is 8.52. The monoisotopic (exact) mass is 190 g/mol. The van der Waals surface area contributed by atoms with E-state index in [1.54, 1.807) is 0 Å². The van der Waals surface area contributed by atoms with Crippen molar-refractivity contribution in [2.45, 2.75) is 45.8 Å². The molecule has 0 aromatic rings. The maximum atomic E-state index is 8.52. The van der Waals surface area contributed by atoms with Crippen LogP contribution in [0.4, 0.5) is 0 Å². The van der Waals surface area contributed by atoms with Gasteiger partial charge in [0.15, 0.2) is 0 Å². The molecule has 0 bridgehead atoms. The summed E-state index contributed by atoms with van der Waals surface area (Å²) in [6.45, 7) is 9.19. The van der Waals surface area contributed by atoms with Crippen LogP contribution >= 0.6 is 0 Å². The standard InChI is InChI=1S/C10H22O3/c1-5-9(8-12-7-6-11)13-10(2,3)4/h9,11H,5-8H2,1-4H3. The summed E-state index contributed by atoms with van der Waals surface area (Å²) in [7, 11) is 0. The summed E-state index contributed by atoms with van der Waals surface area (Å²) in [5.41, 5.74) is -0.122. The zero-order valence-electron chi connectivity index (χ0n) is 9.17. The van der Waals surface area contributed by atoms with E-state index in [-0.39, 0.29) is 18.3 Å². The molecule has 1 atom stereocenters. The van der Waals surface area contributed by atoms with Gasteiger partial charge in [0.25, 0.3) is 0 Å². The van der Waals surface area contributed by atoms with E-state index in [9.17, 15) is 0 Å². The molecule has 0 saturated carbocycles. The van der Waals surface area contributed by atoms with Crippen molar-refractivity contribution >= 4 is 0 Å². The molecule has 0 saturated heterocycles. The van der Waals surface area contributed by atoms with Gasteiger partial charge in [-0.2, -0.15) is 0 Å². The lowest BCUT2D eigenvalue weighted by Crippen LogP contribution is -2.30. The predicted molar refractivity (Wildman–Crippen MR) is 52.8 cm³/mol. The van der Waals surface area contributed by atoms with E-state index in [0.29, 0.717) is 13.2 Å². The molecule has 0 aromatic carbocycles. The molecule has 0 spiro atoms. The molecule has 80 valence electrons. The van der Waals surface area contributed by atoms with E-state index in [1.807, 2.05) is 20.8 Å². The Morgan fingerprint density at radius 2 is 1.92 bits per heavy atom. The summed E-state index contributed by atoms with van der Waals surface area (Å²) >= 11 is 0. The second kappa shape index (κ2) is 6.35. The molecular weight excluding hydrogens is 168 g/mol. The van der Waals surface area contributed by atoms with Gasteiger partial charge >= 0.3 is 0 Å². The first-order chi connectivity index (χ1) is 5.99. The zero-order chi connectivity index (χ0) is 10.3. The maximum absolute atomic E-state index is 8.52. The highest BCUT2D eigenvalue weighted by Crippen LogP contribution is 2.13. The number of rotatable bonds is 6. The van der Waals surface area contributed by atoms with Crippen LogP contribution in [-0.4, -0.2) is 36.6 Å². The second-order valence-electron chi connectivity index (χ2n) is 4.06. The number of hydrogen-bond acceptors (Lipinski definition) is 3. The van der Waals surface area contributed by atoms with E-state index < -0.39 is 0 Å². The van der Waals surface area contributed by atoms with Gasteiger partial charge in [0.05, 0.1) is 31.5 Å². The normalized spacial score (nSPS) is 14.5. The number of ether oxygens (including phenoxy) is 2. The quantitative estimate of drug-likeness (QED) is 0.646. The Morgan fingerprint density at radius 1 is 1.31 bits per heavy atom. The molecule has 1 unspecified atom stereocenters. The molecule has 0 heterocycles. The first-order valence-electron chi connectivity index (χ1n) is 4.86. The third-order valence-electron chi connectivity index (χ3n) is 1.51. The minimum Gasteiger partial charge on any atom is -0.394 e. The fraction of sp³-hybridized carbons (Fsp3) is 1.00. The van der Waals surface area contributed by atoms with Crippen molar-refractivity contribution in [3.05, 3.63) is 0 Å².